The quantitative estimate of drug-likeness (QED) is 0.464. The first-order valence-electron chi connectivity index (χ1n) is 4.93. The van der Waals surface area contributed by atoms with Gasteiger partial charge in [0.2, 0.25) is 10.0 Å². The minimum absolute atomic E-state index is 0.0732. The van der Waals surface area contributed by atoms with Gasteiger partial charge in [0.25, 0.3) is 0 Å². The number of carbonyl (C=O) groups is 1. The summed E-state index contributed by atoms with van der Waals surface area (Å²) in [6.45, 7) is 0. The fraction of sp³-hybridized carbons (Fsp3) is 0.300. The number of hydrogen-bond donors (Lipinski definition) is 2. The Morgan fingerprint density at radius 3 is 2.72 bits per heavy atom. The van der Waals surface area contributed by atoms with Gasteiger partial charge < -0.3 is 10.5 Å². The number of thioether (sulfide) groups is 1. The van der Waals surface area contributed by atoms with Crippen LogP contribution in [0.5, 0.6) is 0 Å². The standard InChI is InChI=1S/C10H14N2O4S2/c1-12-18(14,15)7-3-4-8(11)9(5-7)17-6-10(13)16-2/h3-5,12H,6,11H2,1-2H3. The van der Waals surface area contributed by atoms with Crippen LogP contribution in [0.4, 0.5) is 5.69 Å². The number of esters is 1. The van der Waals surface area contributed by atoms with Crippen LogP contribution in [0.1, 0.15) is 0 Å². The first kappa shape index (κ1) is 14.8. The van der Waals surface area contributed by atoms with Crippen LogP contribution in [0.3, 0.4) is 0 Å². The van der Waals surface area contributed by atoms with Crippen LogP contribution in [0.15, 0.2) is 28.0 Å². The van der Waals surface area contributed by atoms with E-state index in [1.807, 2.05) is 0 Å². The van der Waals surface area contributed by atoms with E-state index in [1.165, 1.54) is 32.4 Å². The van der Waals surface area contributed by atoms with Gasteiger partial charge in [-0.05, 0) is 25.2 Å². The van der Waals surface area contributed by atoms with Gasteiger partial charge in [-0.15, -0.1) is 11.8 Å². The van der Waals surface area contributed by atoms with Gasteiger partial charge in [-0.1, -0.05) is 0 Å². The van der Waals surface area contributed by atoms with Crippen molar-refractivity contribution in [3.05, 3.63) is 18.2 Å². The molecule has 100 valence electrons. The highest BCUT2D eigenvalue weighted by Gasteiger charge is 2.14. The number of sulfonamides is 1. The molecule has 0 amide bonds. The minimum Gasteiger partial charge on any atom is -0.468 e. The fourth-order valence-corrected chi connectivity index (χ4v) is 2.79. The van der Waals surface area contributed by atoms with Gasteiger partial charge in [0.05, 0.1) is 17.8 Å². The summed E-state index contributed by atoms with van der Waals surface area (Å²) in [5, 5.41) is 0. The normalized spacial score (nSPS) is 11.2. The van der Waals surface area contributed by atoms with Crippen LogP contribution in [-0.2, 0) is 19.6 Å². The van der Waals surface area contributed by atoms with Crippen LogP contribution < -0.4 is 10.5 Å². The summed E-state index contributed by atoms with van der Waals surface area (Å²) < 4.78 is 29.9. The van der Waals surface area contributed by atoms with Gasteiger partial charge in [0.1, 0.15) is 0 Å². The summed E-state index contributed by atoms with van der Waals surface area (Å²) in [6.07, 6.45) is 0. The van der Waals surface area contributed by atoms with E-state index < -0.39 is 16.0 Å². The molecule has 0 spiro atoms. The lowest BCUT2D eigenvalue weighted by atomic mass is 10.3. The smallest absolute Gasteiger partial charge is 0.315 e. The summed E-state index contributed by atoms with van der Waals surface area (Å²) in [6, 6.07) is 4.32. The predicted octanol–water partition coefficient (Wildman–Crippen LogP) is 0.442. The summed E-state index contributed by atoms with van der Waals surface area (Å²) >= 11 is 1.13. The number of anilines is 1. The zero-order valence-electron chi connectivity index (χ0n) is 9.97. The molecule has 0 unspecified atom stereocenters. The summed E-state index contributed by atoms with van der Waals surface area (Å²) in [4.78, 5) is 11.6. The number of nitrogens with one attached hydrogen (secondary N) is 1. The van der Waals surface area contributed by atoms with Gasteiger partial charge in [-0.3, -0.25) is 4.79 Å². The Kier molecular flexibility index (Phi) is 5.00. The lowest BCUT2D eigenvalue weighted by molar-refractivity contribution is -0.137. The molecule has 3 N–H and O–H groups in total. The van der Waals surface area contributed by atoms with E-state index in [1.54, 1.807) is 0 Å². The van der Waals surface area contributed by atoms with Crippen LogP contribution in [0.25, 0.3) is 0 Å². The zero-order chi connectivity index (χ0) is 13.8. The topological polar surface area (TPSA) is 98.5 Å². The number of benzene rings is 1. The van der Waals surface area contributed by atoms with Crippen LogP contribution in [-0.4, -0.2) is 34.3 Å². The first-order valence-corrected chi connectivity index (χ1v) is 7.40. The molecular weight excluding hydrogens is 276 g/mol. The molecule has 0 aliphatic rings. The monoisotopic (exact) mass is 290 g/mol. The Balaban J connectivity index is 2.99. The number of rotatable bonds is 5. The van der Waals surface area contributed by atoms with Crippen LogP contribution in [0.2, 0.25) is 0 Å². The second kappa shape index (κ2) is 6.07. The molecule has 8 heteroatoms. The molecule has 0 fully saturated rings. The Labute approximate surface area is 110 Å². The fourth-order valence-electron chi connectivity index (χ4n) is 1.12. The zero-order valence-corrected chi connectivity index (χ0v) is 11.6. The van der Waals surface area contributed by atoms with Crippen LogP contribution in [0, 0.1) is 0 Å². The van der Waals surface area contributed by atoms with Gasteiger partial charge in [0.15, 0.2) is 0 Å². The van der Waals surface area contributed by atoms with E-state index in [0.717, 1.165) is 11.8 Å². The number of nitrogen functional groups attached to an aromatic ring is 1. The SMILES string of the molecule is CNS(=O)(=O)c1ccc(N)c(SCC(=O)OC)c1. The third-order valence-corrected chi connectivity index (χ3v) is 4.59. The number of carbonyl (C=O) groups excluding carboxylic acids is 1. The van der Waals surface area contributed by atoms with Crippen molar-refractivity contribution in [3.63, 3.8) is 0 Å². The number of methoxy groups -OCH3 is 1. The van der Waals surface area contributed by atoms with E-state index in [2.05, 4.69) is 9.46 Å². The van der Waals surface area contributed by atoms with Crippen molar-refractivity contribution in [2.75, 3.05) is 25.6 Å². The average Bonchev–Trinajstić information content (AvgIpc) is 2.37. The second-order valence-electron chi connectivity index (χ2n) is 3.27. The summed E-state index contributed by atoms with van der Waals surface area (Å²) in [7, 11) is -0.904. The first-order chi connectivity index (χ1) is 8.40. The molecule has 1 rings (SSSR count). The Morgan fingerprint density at radius 2 is 2.17 bits per heavy atom. The van der Waals surface area contributed by atoms with Crippen molar-refractivity contribution in [2.24, 2.45) is 0 Å². The molecule has 0 aliphatic carbocycles. The van der Waals surface area contributed by atoms with Crippen molar-refractivity contribution < 1.29 is 17.9 Å². The van der Waals surface area contributed by atoms with E-state index in [-0.39, 0.29) is 10.6 Å². The summed E-state index contributed by atoms with van der Waals surface area (Å²) in [5.74, 6) is -0.328. The number of ether oxygens (including phenoxy) is 1. The third kappa shape index (κ3) is 3.62. The molecule has 6 nitrogen and oxygen atoms in total. The van der Waals surface area contributed by atoms with E-state index >= 15 is 0 Å². The molecule has 0 radical (unpaired) electrons. The molecule has 18 heavy (non-hydrogen) atoms. The number of nitrogens with two attached hydrogens (primary N) is 1. The predicted molar refractivity (Wildman–Crippen MR) is 69.8 cm³/mol. The molecular formula is C10H14N2O4S2. The molecule has 0 saturated heterocycles. The molecule has 0 atom stereocenters. The highest BCUT2D eigenvalue weighted by molar-refractivity contribution is 8.00. The molecule has 0 aliphatic heterocycles. The minimum atomic E-state index is -3.52. The van der Waals surface area contributed by atoms with Crippen molar-refractivity contribution in [1.82, 2.24) is 4.72 Å². The Bertz CT molecular complexity index is 543. The average molecular weight is 290 g/mol. The summed E-state index contributed by atoms with van der Waals surface area (Å²) in [5.41, 5.74) is 6.13. The maximum Gasteiger partial charge on any atom is 0.315 e. The highest BCUT2D eigenvalue weighted by atomic mass is 32.2. The lowest BCUT2D eigenvalue weighted by Gasteiger charge is -2.08. The number of hydrogen-bond acceptors (Lipinski definition) is 6. The van der Waals surface area contributed by atoms with Crippen molar-refractivity contribution >= 4 is 33.4 Å². The molecule has 0 bridgehead atoms. The van der Waals surface area contributed by atoms with Crippen molar-refractivity contribution in [1.29, 1.82) is 0 Å². The molecule has 0 aromatic heterocycles. The van der Waals surface area contributed by atoms with Gasteiger partial charge in [-0.25, -0.2) is 13.1 Å². The molecule has 1 aromatic carbocycles. The Hall–Kier alpha value is -1.25. The van der Waals surface area contributed by atoms with Crippen molar-refractivity contribution in [3.8, 4) is 0 Å². The maximum absolute atomic E-state index is 11.6. The molecule has 0 heterocycles. The Morgan fingerprint density at radius 1 is 1.50 bits per heavy atom. The largest absolute Gasteiger partial charge is 0.468 e. The van der Waals surface area contributed by atoms with Gasteiger partial charge >= 0.3 is 5.97 Å². The highest BCUT2D eigenvalue weighted by Crippen LogP contribution is 2.27. The van der Waals surface area contributed by atoms with Crippen molar-refractivity contribution in [2.45, 2.75) is 9.79 Å². The van der Waals surface area contributed by atoms with Gasteiger partial charge in [0, 0.05) is 10.6 Å². The molecule has 1 aromatic rings. The third-order valence-electron chi connectivity index (χ3n) is 2.14. The maximum atomic E-state index is 11.6. The van der Waals surface area contributed by atoms with Gasteiger partial charge in [-0.2, -0.15) is 0 Å². The van der Waals surface area contributed by atoms with E-state index in [0.29, 0.717) is 10.6 Å². The van der Waals surface area contributed by atoms with E-state index in [9.17, 15) is 13.2 Å². The second-order valence-corrected chi connectivity index (χ2v) is 6.18. The van der Waals surface area contributed by atoms with Crippen LogP contribution >= 0.6 is 11.8 Å². The van der Waals surface area contributed by atoms with E-state index in [4.69, 9.17) is 5.73 Å². The lowest BCUT2D eigenvalue weighted by Crippen LogP contribution is -2.18. The molecule has 0 saturated carbocycles.